The number of nitrogens with one attached hydrogen (secondary N) is 1. The van der Waals surface area contributed by atoms with Gasteiger partial charge in [0.2, 0.25) is 11.3 Å². The topological polar surface area (TPSA) is 93.5 Å². The molecule has 0 aliphatic rings. The smallest absolute Gasteiger partial charge is 0.240 e. The van der Waals surface area contributed by atoms with Crippen molar-refractivity contribution in [1.82, 2.24) is 14.9 Å². The maximum atomic E-state index is 12.3. The Balaban J connectivity index is 1.68. The van der Waals surface area contributed by atoms with Gasteiger partial charge < -0.3 is 19.7 Å². The summed E-state index contributed by atoms with van der Waals surface area (Å²) in [5.41, 5.74) is 1.66. The minimum Gasteiger partial charge on any atom is -0.483 e. The van der Waals surface area contributed by atoms with Crippen molar-refractivity contribution in [3.05, 3.63) is 94.2 Å². The van der Waals surface area contributed by atoms with Crippen LogP contribution < -0.4 is 15.5 Å². The fourth-order valence-electron chi connectivity index (χ4n) is 2.62. The third kappa shape index (κ3) is 5.28. The average Bonchev–Trinajstić information content (AvgIpc) is 2.73. The van der Waals surface area contributed by atoms with Gasteiger partial charge in [-0.05, 0) is 17.7 Å². The number of pyridine rings is 2. The summed E-state index contributed by atoms with van der Waals surface area (Å²) in [6.45, 7) is 0.124. The van der Waals surface area contributed by atoms with Gasteiger partial charge in [-0.1, -0.05) is 36.4 Å². The molecule has 7 heteroatoms. The summed E-state index contributed by atoms with van der Waals surface area (Å²) < 4.78 is 7.13. The molecule has 0 saturated carbocycles. The van der Waals surface area contributed by atoms with E-state index >= 15 is 0 Å². The fourth-order valence-corrected chi connectivity index (χ4v) is 2.62. The Bertz CT molecular complexity index is 972. The zero-order chi connectivity index (χ0) is 19.8. The number of ether oxygens (including phenoxy) is 1. The van der Waals surface area contributed by atoms with E-state index in [4.69, 9.17) is 4.74 Å². The van der Waals surface area contributed by atoms with Crippen LogP contribution in [0.1, 0.15) is 17.0 Å². The van der Waals surface area contributed by atoms with Crippen molar-refractivity contribution in [2.75, 3.05) is 0 Å². The maximum Gasteiger partial charge on any atom is 0.240 e. The molecular weight excluding hydrogens is 358 g/mol. The molecule has 1 amide bonds. The third-order valence-corrected chi connectivity index (χ3v) is 4.09. The minimum absolute atomic E-state index is 0.0509. The van der Waals surface area contributed by atoms with Crippen molar-refractivity contribution in [3.8, 4) is 5.75 Å². The second-order valence-electron chi connectivity index (χ2n) is 6.15. The van der Waals surface area contributed by atoms with Crippen LogP contribution in [0.15, 0.2) is 71.8 Å². The van der Waals surface area contributed by atoms with Crippen LogP contribution in [0.25, 0.3) is 0 Å². The van der Waals surface area contributed by atoms with Gasteiger partial charge in [-0.2, -0.15) is 0 Å². The molecular formula is C21H21N3O4. The van der Waals surface area contributed by atoms with E-state index in [1.54, 1.807) is 12.3 Å². The van der Waals surface area contributed by atoms with Gasteiger partial charge in [0.25, 0.3) is 0 Å². The molecule has 0 aliphatic carbocycles. The maximum absolute atomic E-state index is 12.3. The molecule has 3 rings (SSSR count). The fraction of sp³-hybridized carbons (Fsp3) is 0.190. The molecule has 2 N–H and O–H groups in total. The molecule has 0 aliphatic heterocycles. The van der Waals surface area contributed by atoms with Crippen LogP contribution in [0.4, 0.5) is 0 Å². The van der Waals surface area contributed by atoms with Crippen molar-refractivity contribution in [2.45, 2.75) is 26.3 Å². The van der Waals surface area contributed by atoms with Crippen LogP contribution in [0.5, 0.6) is 5.75 Å². The first-order valence-electron chi connectivity index (χ1n) is 8.83. The van der Waals surface area contributed by atoms with Crippen molar-refractivity contribution in [2.24, 2.45) is 0 Å². The van der Waals surface area contributed by atoms with Crippen molar-refractivity contribution >= 4 is 5.91 Å². The molecule has 0 spiro atoms. The predicted octanol–water partition coefficient (Wildman–Crippen LogP) is 1.63. The molecule has 0 radical (unpaired) electrons. The third-order valence-electron chi connectivity index (χ3n) is 4.09. The van der Waals surface area contributed by atoms with Crippen LogP contribution in [0, 0.1) is 0 Å². The van der Waals surface area contributed by atoms with E-state index in [0.29, 0.717) is 12.2 Å². The molecule has 0 bridgehead atoms. The van der Waals surface area contributed by atoms with Gasteiger partial charge in [-0.15, -0.1) is 0 Å². The lowest BCUT2D eigenvalue weighted by Crippen LogP contribution is -2.29. The Kier molecular flexibility index (Phi) is 6.54. The lowest BCUT2D eigenvalue weighted by atomic mass is 10.2. The number of nitrogens with zero attached hydrogens (tertiary/aromatic N) is 2. The molecule has 7 nitrogen and oxygen atoms in total. The first-order chi connectivity index (χ1) is 13.7. The summed E-state index contributed by atoms with van der Waals surface area (Å²) in [5.74, 6) is -0.142. The molecule has 0 saturated heterocycles. The van der Waals surface area contributed by atoms with Gasteiger partial charge in [0, 0.05) is 18.0 Å². The second-order valence-corrected chi connectivity index (χ2v) is 6.15. The summed E-state index contributed by atoms with van der Waals surface area (Å²) in [7, 11) is 0. The van der Waals surface area contributed by atoms with E-state index in [-0.39, 0.29) is 36.8 Å². The van der Waals surface area contributed by atoms with Gasteiger partial charge in [-0.3, -0.25) is 14.6 Å². The van der Waals surface area contributed by atoms with E-state index in [2.05, 4.69) is 10.3 Å². The SMILES string of the molecule is O=C(Cn1cc(OCc2ccccc2)c(=O)cc1CO)NCc1ccccn1. The Labute approximate surface area is 162 Å². The van der Waals surface area contributed by atoms with Crippen LogP contribution in [0.3, 0.4) is 0 Å². The van der Waals surface area contributed by atoms with E-state index in [9.17, 15) is 14.7 Å². The zero-order valence-electron chi connectivity index (χ0n) is 15.2. The summed E-state index contributed by atoms with van der Waals surface area (Å²) in [4.78, 5) is 28.6. The monoisotopic (exact) mass is 379 g/mol. The number of rotatable bonds is 8. The highest BCUT2D eigenvalue weighted by Crippen LogP contribution is 2.10. The average molecular weight is 379 g/mol. The van der Waals surface area contributed by atoms with E-state index in [1.807, 2.05) is 42.5 Å². The Morgan fingerprint density at radius 2 is 1.93 bits per heavy atom. The van der Waals surface area contributed by atoms with Crippen molar-refractivity contribution < 1.29 is 14.6 Å². The number of carbonyl (C=O) groups is 1. The highest BCUT2D eigenvalue weighted by atomic mass is 16.5. The van der Waals surface area contributed by atoms with Crippen molar-refractivity contribution in [3.63, 3.8) is 0 Å². The molecule has 28 heavy (non-hydrogen) atoms. The molecule has 2 aromatic heterocycles. The van der Waals surface area contributed by atoms with Gasteiger partial charge >= 0.3 is 0 Å². The number of carbonyl (C=O) groups excluding carboxylic acids is 1. The van der Waals surface area contributed by atoms with Crippen LogP contribution in [0.2, 0.25) is 0 Å². The number of aromatic nitrogens is 2. The first-order valence-corrected chi connectivity index (χ1v) is 8.83. The highest BCUT2D eigenvalue weighted by Gasteiger charge is 2.11. The Hall–Kier alpha value is -3.45. The lowest BCUT2D eigenvalue weighted by Gasteiger charge is -2.14. The predicted molar refractivity (Wildman–Crippen MR) is 103 cm³/mol. The molecule has 144 valence electrons. The van der Waals surface area contributed by atoms with Gasteiger partial charge in [0.1, 0.15) is 13.2 Å². The van der Waals surface area contributed by atoms with E-state index in [1.165, 1.54) is 16.8 Å². The van der Waals surface area contributed by atoms with Gasteiger partial charge in [-0.25, -0.2) is 0 Å². The van der Waals surface area contributed by atoms with E-state index < -0.39 is 0 Å². The molecule has 2 heterocycles. The zero-order valence-corrected chi connectivity index (χ0v) is 15.2. The molecule has 1 aromatic carbocycles. The summed E-state index contributed by atoms with van der Waals surface area (Å²) >= 11 is 0. The summed E-state index contributed by atoms with van der Waals surface area (Å²) in [6.07, 6.45) is 3.11. The largest absolute Gasteiger partial charge is 0.483 e. The summed E-state index contributed by atoms with van der Waals surface area (Å²) in [5, 5.41) is 12.3. The summed E-state index contributed by atoms with van der Waals surface area (Å²) in [6, 6.07) is 16.2. The van der Waals surface area contributed by atoms with Gasteiger partial charge in [0.05, 0.1) is 25.0 Å². The number of hydrogen-bond donors (Lipinski definition) is 2. The molecule has 0 fully saturated rings. The minimum atomic E-state index is -0.359. The number of aliphatic hydroxyl groups is 1. The molecule has 0 atom stereocenters. The standard InChI is InChI=1S/C21H21N3O4/c25-14-18-10-19(26)20(28-15-16-6-2-1-3-7-16)12-24(18)13-21(27)23-11-17-8-4-5-9-22-17/h1-10,12,25H,11,13-15H2,(H,23,27). The first kappa shape index (κ1) is 19.3. The number of amides is 1. The van der Waals surface area contributed by atoms with E-state index in [0.717, 1.165) is 11.3 Å². The number of hydrogen-bond acceptors (Lipinski definition) is 5. The number of aliphatic hydroxyl groups excluding tert-OH is 1. The van der Waals surface area contributed by atoms with Crippen LogP contribution >= 0.6 is 0 Å². The Morgan fingerprint density at radius 1 is 1.14 bits per heavy atom. The van der Waals surface area contributed by atoms with Crippen molar-refractivity contribution in [1.29, 1.82) is 0 Å². The molecule has 0 unspecified atom stereocenters. The second kappa shape index (κ2) is 9.48. The molecule has 3 aromatic rings. The normalized spacial score (nSPS) is 10.5. The quantitative estimate of drug-likeness (QED) is 0.621. The van der Waals surface area contributed by atoms with Crippen LogP contribution in [-0.2, 0) is 31.1 Å². The van der Waals surface area contributed by atoms with Crippen LogP contribution in [-0.4, -0.2) is 20.6 Å². The lowest BCUT2D eigenvalue weighted by molar-refractivity contribution is -0.121. The van der Waals surface area contributed by atoms with Gasteiger partial charge in [0.15, 0.2) is 5.75 Å². The Morgan fingerprint density at radius 3 is 2.64 bits per heavy atom. The number of benzene rings is 1. The highest BCUT2D eigenvalue weighted by molar-refractivity contribution is 5.75.